The average Bonchev–Trinajstić information content (AvgIpc) is 3.05. The Morgan fingerprint density at radius 1 is 1.39 bits per heavy atom. The van der Waals surface area contributed by atoms with Crippen molar-refractivity contribution in [1.29, 1.82) is 0 Å². The van der Waals surface area contributed by atoms with Crippen LogP contribution in [0.2, 0.25) is 0 Å². The minimum atomic E-state index is -0.511. The van der Waals surface area contributed by atoms with Crippen molar-refractivity contribution in [3.63, 3.8) is 0 Å². The molecule has 2 rings (SSSR count). The maximum absolute atomic E-state index is 12.3. The van der Waals surface area contributed by atoms with Gasteiger partial charge in [-0.15, -0.1) is 5.10 Å². The van der Waals surface area contributed by atoms with E-state index >= 15 is 0 Å². The molecule has 0 saturated carbocycles. The second-order valence-electron chi connectivity index (χ2n) is 7.00. The summed E-state index contributed by atoms with van der Waals surface area (Å²) in [5.74, 6) is -0.188. The Bertz CT molecular complexity index is 576. The predicted molar refractivity (Wildman–Crippen MR) is 84.0 cm³/mol. The highest BCUT2D eigenvalue weighted by atomic mass is 16.6. The van der Waals surface area contributed by atoms with Crippen LogP contribution in [0, 0.1) is 0 Å². The van der Waals surface area contributed by atoms with Crippen LogP contribution >= 0.6 is 0 Å². The van der Waals surface area contributed by atoms with E-state index in [2.05, 4.69) is 10.3 Å². The summed E-state index contributed by atoms with van der Waals surface area (Å²) in [7, 11) is 3.34. The molecule has 1 fully saturated rings. The zero-order chi connectivity index (χ0) is 17.2. The normalized spacial score (nSPS) is 18.1. The minimum Gasteiger partial charge on any atom is -0.444 e. The molecule has 1 atom stereocenters. The first kappa shape index (κ1) is 17.2. The van der Waals surface area contributed by atoms with E-state index in [0.717, 1.165) is 12.8 Å². The summed E-state index contributed by atoms with van der Waals surface area (Å²) in [5.41, 5.74) is -0.209. The lowest BCUT2D eigenvalue weighted by Gasteiger charge is -2.28. The SMILES string of the molecule is CN(C)C(=O)c1cn(C[C@@H]2CCCN2C(=O)OC(C)(C)C)nn1. The average molecular weight is 323 g/mol. The van der Waals surface area contributed by atoms with Crippen LogP contribution in [0.3, 0.4) is 0 Å². The van der Waals surface area contributed by atoms with Gasteiger partial charge in [0.05, 0.1) is 18.8 Å². The number of aromatic nitrogens is 3. The third kappa shape index (κ3) is 4.43. The van der Waals surface area contributed by atoms with E-state index in [1.165, 1.54) is 4.90 Å². The molecule has 23 heavy (non-hydrogen) atoms. The van der Waals surface area contributed by atoms with Gasteiger partial charge in [0.2, 0.25) is 0 Å². The van der Waals surface area contributed by atoms with Gasteiger partial charge in [0.25, 0.3) is 5.91 Å². The molecule has 1 saturated heterocycles. The van der Waals surface area contributed by atoms with E-state index in [1.807, 2.05) is 20.8 Å². The van der Waals surface area contributed by atoms with Crippen LogP contribution in [0.5, 0.6) is 0 Å². The maximum atomic E-state index is 12.3. The molecule has 0 unspecified atom stereocenters. The number of hydrogen-bond acceptors (Lipinski definition) is 5. The van der Waals surface area contributed by atoms with E-state index in [-0.39, 0.29) is 18.0 Å². The highest BCUT2D eigenvalue weighted by molar-refractivity contribution is 5.91. The number of hydrogen-bond donors (Lipinski definition) is 0. The van der Waals surface area contributed by atoms with Gasteiger partial charge in [-0.05, 0) is 33.6 Å². The summed E-state index contributed by atoms with van der Waals surface area (Å²) in [6.07, 6.45) is 3.14. The molecule has 2 amide bonds. The first-order chi connectivity index (χ1) is 10.7. The highest BCUT2D eigenvalue weighted by Gasteiger charge is 2.32. The molecule has 128 valence electrons. The van der Waals surface area contributed by atoms with Crippen molar-refractivity contribution >= 4 is 12.0 Å². The van der Waals surface area contributed by atoms with Gasteiger partial charge < -0.3 is 14.5 Å². The molecule has 8 nitrogen and oxygen atoms in total. The summed E-state index contributed by atoms with van der Waals surface area (Å²) in [6.45, 7) is 6.75. The number of amides is 2. The van der Waals surface area contributed by atoms with Crippen LogP contribution in [-0.2, 0) is 11.3 Å². The van der Waals surface area contributed by atoms with Crippen molar-refractivity contribution in [1.82, 2.24) is 24.8 Å². The van der Waals surface area contributed by atoms with Crippen molar-refractivity contribution in [3.05, 3.63) is 11.9 Å². The molecule has 2 heterocycles. The fourth-order valence-corrected chi connectivity index (χ4v) is 2.52. The van der Waals surface area contributed by atoms with Gasteiger partial charge in [-0.3, -0.25) is 4.79 Å². The lowest BCUT2D eigenvalue weighted by Crippen LogP contribution is -2.41. The third-order valence-corrected chi connectivity index (χ3v) is 3.57. The summed E-state index contributed by atoms with van der Waals surface area (Å²) < 4.78 is 7.06. The van der Waals surface area contributed by atoms with E-state index in [1.54, 1.807) is 29.9 Å². The molecular formula is C15H25N5O3. The van der Waals surface area contributed by atoms with E-state index in [0.29, 0.717) is 18.8 Å². The fourth-order valence-electron chi connectivity index (χ4n) is 2.52. The molecule has 1 aliphatic rings. The minimum absolute atomic E-state index is 0.00820. The van der Waals surface area contributed by atoms with Crippen LogP contribution in [0.25, 0.3) is 0 Å². The smallest absolute Gasteiger partial charge is 0.410 e. The molecule has 1 aromatic rings. The van der Waals surface area contributed by atoms with Crippen molar-refractivity contribution < 1.29 is 14.3 Å². The summed E-state index contributed by atoms with van der Waals surface area (Å²) in [4.78, 5) is 27.3. The molecule has 0 bridgehead atoms. The Hall–Kier alpha value is -2.12. The van der Waals surface area contributed by atoms with Crippen LogP contribution in [-0.4, -0.2) is 69.1 Å². The Morgan fingerprint density at radius 2 is 2.09 bits per heavy atom. The number of carbonyl (C=O) groups is 2. The zero-order valence-corrected chi connectivity index (χ0v) is 14.4. The molecule has 0 spiro atoms. The molecule has 1 aliphatic heterocycles. The van der Waals surface area contributed by atoms with Crippen LogP contribution in [0.1, 0.15) is 44.1 Å². The van der Waals surface area contributed by atoms with Gasteiger partial charge >= 0.3 is 6.09 Å². The van der Waals surface area contributed by atoms with Gasteiger partial charge in [0, 0.05) is 20.6 Å². The van der Waals surface area contributed by atoms with E-state index in [9.17, 15) is 9.59 Å². The monoisotopic (exact) mass is 323 g/mol. The van der Waals surface area contributed by atoms with Gasteiger partial charge in [0.15, 0.2) is 5.69 Å². The number of carbonyl (C=O) groups excluding carboxylic acids is 2. The van der Waals surface area contributed by atoms with Gasteiger partial charge in [0.1, 0.15) is 5.60 Å². The fraction of sp³-hybridized carbons (Fsp3) is 0.733. The van der Waals surface area contributed by atoms with Crippen molar-refractivity contribution in [2.75, 3.05) is 20.6 Å². The molecule has 0 N–H and O–H groups in total. The second-order valence-corrected chi connectivity index (χ2v) is 7.00. The van der Waals surface area contributed by atoms with E-state index in [4.69, 9.17) is 4.74 Å². The second kappa shape index (κ2) is 6.55. The number of rotatable bonds is 3. The largest absolute Gasteiger partial charge is 0.444 e. The predicted octanol–water partition coefficient (Wildman–Crippen LogP) is 1.38. The Balaban J connectivity index is 2.02. The Morgan fingerprint density at radius 3 is 2.70 bits per heavy atom. The van der Waals surface area contributed by atoms with Crippen LogP contribution in [0.15, 0.2) is 6.20 Å². The number of ether oxygens (including phenoxy) is 1. The lowest BCUT2D eigenvalue weighted by atomic mass is 10.2. The summed E-state index contributed by atoms with van der Waals surface area (Å²) in [6, 6.07) is 0.00820. The topological polar surface area (TPSA) is 80.6 Å². The Kier molecular flexibility index (Phi) is 4.91. The zero-order valence-electron chi connectivity index (χ0n) is 14.4. The number of nitrogens with zero attached hydrogens (tertiary/aromatic N) is 5. The first-order valence-electron chi connectivity index (χ1n) is 7.79. The van der Waals surface area contributed by atoms with Crippen molar-refractivity contribution in [3.8, 4) is 0 Å². The standard InChI is InChI=1S/C15H25N5O3/c1-15(2,3)23-14(22)20-8-6-7-11(20)9-19-10-12(16-17-19)13(21)18(4)5/h10-11H,6-9H2,1-5H3/t11-/m0/s1. The van der Waals surface area contributed by atoms with E-state index < -0.39 is 5.60 Å². The summed E-state index contributed by atoms with van der Waals surface area (Å²) >= 11 is 0. The Labute approximate surface area is 136 Å². The molecule has 0 radical (unpaired) electrons. The van der Waals surface area contributed by atoms with Crippen LogP contribution in [0.4, 0.5) is 4.79 Å². The third-order valence-electron chi connectivity index (χ3n) is 3.57. The first-order valence-corrected chi connectivity index (χ1v) is 7.79. The van der Waals surface area contributed by atoms with Crippen molar-refractivity contribution in [2.24, 2.45) is 0 Å². The van der Waals surface area contributed by atoms with Gasteiger partial charge in [-0.2, -0.15) is 0 Å². The van der Waals surface area contributed by atoms with Crippen molar-refractivity contribution in [2.45, 2.75) is 51.8 Å². The molecule has 1 aromatic heterocycles. The number of likely N-dealkylation sites (tertiary alicyclic amines) is 1. The molecule has 0 aliphatic carbocycles. The van der Waals surface area contributed by atoms with Gasteiger partial charge in [-0.1, -0.05) is 5.21 Å². The molecular weight excluding hydrogens is 298 g/mol. The molecule has 8 heteroatoms. The summed E-state index contributed by atoms with van der Waals surface area (Å²) in [5, 5.41) is 7.89. The van der Waals surface area contributed by atoms with Crippen LogP contribution < -0.4 is 0 Å². The highest BCUT2D eigenvalue weighted by Crippen LogP contribution is 2.22. The van der Waals surface area contributed by atoms with Gasteiger partial charge in [-0.25, -0.2) is 9.48 Å². The maximum Gasteiger partial charge on any atom is 0.410 e. The quantitative estimate of drug-likeness (QED) is 0.839. The lowest BCUT2D eigenvalue weighted by molar-refractivity contribution is 0.0211. The molecule has 0 aromatic carbocycles.